The average Bonchev–Trinajstić information content (AvgIpc) is 2.13. The summed E-state index contributed by atoms with van der Waals surface area (Å²) in [5.41, 5.74) is 10.7. The Morgan fingerprint density at radius 2 is 1.87 bits per heavy atom. The van der Waals surface area contributed by atoms with Crippen molar-refractivity contribution in [3.8, 4) is 0 Å². The van der Waals surface area contributed by atoms with Gasteiger partial charge in [0, 0.05) is 26.2 Å². The van der Waals surface area contributed by atoms with Crippen LogP contribution in [-0.2, 0) is 4.79 Å². The number of hydrogen-bond donors (Lipinski definition) is 2. The van der Waals surface area contributed by atoms with Crippen LogP contribution in [0, 0.1) is 0 Å². The maximum absolute atomic E-state index is 10.8. The number of hydrogen-bond acceptors (Lipinski definition) is 5. The molecule has 0 aliphatic carbocycles. The number of aliphatic carboxylic acids is 1. The van der Waals surface area contributed by atoms with Gasteiger partial charge in [0.15, 0.2) is 0 Å². The Bertz CT molecular complexity index is 184. The first-order valence-electron chi connectivity index (χ1n) is 4.63. The Labute approximate surface area is 113 Å². The van der Waals surface area contributed by atoms with E-state index in [1.54, 1.807) is 11.0 Å². The second kappa shape index (κ2) is 10.6. The molecule has 0 amide bonds. The van der Waals surface area contributed by atoms with Gasteiger partial charge in [0.2, 0.25) is 0 Å². The van der Waals surface area contributed by atoms with Crippen LogP contribution < -0.4 is 46.1 Å². The molecule has 6 heteroatoms. The van der Waals surface area contributed by atoms with Gasteiger partial charge in [-0.1, -0.05) is 6.08 Å². The molecule has 0 aromatic rings. The van der Waals surface area contributed by atoms with Crippen LogP contribution in [0.25, 0.3) is 0 Å². The summed E-state index contributed by atoms with van der Waals surface area (Å²) in [4.78, 5) is 12.5. The fraction of sp³-hybridized carbons (Fsp3) is 0.667. The average molecular weight is 223 g/mol. The number of carboxylic acids is 1. The molecule has 0 spiro atoms. The van der Waals surface area contributed by atoms with E-state index >= 15 is 0 Å². The molecule has 0 radical (unpaired) electrons. The molecule has 0 aliphatic heterocycles. The van der Waals surface area contributed by atoms with Crippen LogP contribution in [0.15, 0.2) is 12.7 Å². The third kappa shape index (κ3) is 7.05. The molecule has 0 bridgehead atoms. The van der Waals surface area contributed by atoms with Gasteiger partial charge in [-0.3, -0.25) is 4.90 Å². The Kier molecular flexibility index (Phi) is 12.4. The van der Waals surface area contributed by atoms with Crippen molar-refractivity contribution in [2.24, 2.45) is 11.5 Å². The summed E-state index contributed by atoms with van der Waals surface area (Å²) < 4.78 is 0. The number of carbonyl (C=O) groups is 1. The van der Waals surface area contributed by atoms with Crippen LogP contribution in [0.1, 0.15) is 6.42 Å². The standard InChI is InChI=1S/C9H19N3O2.Na/c1-2-3-8(9(13)14)12(6-4-10)7-5-11;/h2,8H,1,3-7,10-11H2,(H,13,14);/q;+1/p-1. The van der Waals surface area contributed by atoms with Gasteiger partial charge in [-0.05, 0) is 6.42 Å². The third-order valence-corrected chi connectivity index (χ3v) is 1.94. The molecule has 0 aromatic carbocycles. The minimum atomic E-state index is -1.10. The molecular weight excluding hydrogens is 205 g/mol. The summed E-state index contributed by atoms with van der Waals surface area (Å²) in [6.45, 7) is 5.32. The van der Waals surface area contributed by atoms with Gasteiger partial charge in [-0.25, -0.2) is 0 Å². The smallest absolute Gasteiger partial charge is 0.548 e. The van der Waals surface area contributed by atoms with Crippen molar-refractivity contribution < 1.29 is 39.5 Å². The molecule has 0 heterocycles. The van der Waals surface area contributed by atoms with E-state index in [0.29, 0.717) is 32.6 Å². The van der Waals surface area contributed by atoms with E-state index in [1.165, 1.54) is 0 Å². The Morgan fingerprint density at radius 1 is 1.40 bits per heavy atom. The van der Waals surface area contributed by atoms with Crippen LogP contribution in [-0.4, -0.2) is 43.1 Å². The van der Waals surface area contributed by atoms with E-state index in [1.807, 2.05) is 0 Å². The maximum atomic E-state index is 10.8. The van der Waals surface area contributed by atoms with E-state index in [0.717, 1.165) is 0 Å². The van der Waals surface area contributed by atoms with Gasteiger partial charge in [0.05, 0.1) is 12.0 Å². The second-order valence-corrected chi connectivity index (χ2v) is 2.97. The van der Waals surface area contributed by atoms with Crippen LogP contribution >= 0.6 is 0 Å². The Hall–Kier alpha value is 0.0900. The van der Waals surface area contributed by atoms with E-state index in [-0.39, 0.29) is 29.6 Å². The summed E-state index contributed by atoms with van der Waals surface area (Å²) in [6, 6.07) is -0.667. The SMILES string of the molecule is C=CCC(C(=O)[O-])N(CCN)CCN.[Na+]. The van der Waals surface area contributed by atoms with Crippen molar-refractivity contribution in [1.29, 1.82) is 0 Å². The predicted octanol–water partition coefficient (Wildman–Crippen LogP) is -5.10. The van der Waals surface area contributed by atoms with Crippen molar-refractivity contribution in [2.75, 3.05) is 26.2 Å². The molecule has 1 unspecified atom stereocenters. The molecule has 4 N–H and O–H groups in total. The minimum absolute atomic E-state index is 0. The summed E-state index contributed by atoms with van der Waals surface area (Å²) in [5, 5.41) is 10.8. The molecular formula is C9H18N3NaO2. The normalized spacial score (nSPS) is 11.9. The summed E-state index contributed by atoms with van der Waals surface area (Å²) in [6.07, 6.45) is 1.91. The number of carbonyl (C=O) groups excluding carboxylic acids is 1. The zero-order valence-electron chi connectivity index (χ0n) is 9.32. The molecule has 0 saturated heterocycles. The molecule has 0 fully saturated rings. The first-order chi connectivity index (χ1) is 6.67. The maximum Gasteiger partial charge on any atom is 1.00 e. The van der Waals surface area contributed by atoms with Crippen LogP contribution in [0.4, 0.5) is 0 Å². The third-order valence-electron chi connectivity index (χ3n) is 1.94. The molecule has 0 aliphatic rings. The van der Waals surface area contributed by atoms with Gasteiger partial charge in [0.25, 0.3) is 0 Å². The van der Waals surface area contributed by atoms with Crippen molar-refractivity contribution in [1.82, 2.24) is 4.90 Å². The van der Waals surface area contributed by atoms with Gasteiger partial charge in [0.1, 0.15) is 0 Å². The van der Waals surface area contributed by atoms with Crippen LogP contribution in [0.3, 0.4) is 0 Å². The predicted molar refractivity (Wildman–Crippen MR) is 53.3 cm³/mol. The van der Waals surface area contributed by atoms with Crippen molar-refractivity contribution in [2.45, 2.75) is 12.5 Å². The molecule has 15 heavy (non-hydrogen) atoms. The zero-order valence-corrected chi connectivity index (χ0v) is 11.3. The monoisotopic (exact) mass is 223 g/mol. The van der Waals surface area contributed by atoms with E-state index in [4.69, 9.17) is 11.5 Å². The van der Waals surface area contributed by atoms with Crippen molar-refractivity contribution >= 4 is 5.97 Å². The Balaban J connectivity index is 0. The first-order valence-corrected chi connectivity index (χ1v) is 4.63. The van der Waals surface area contributed by atoms with Crippen LogP contribution in [0.5, 0.6) is 0 Å². The molecule has 1 atom stereocenters. The van der Waals surface area contributed by atoms with E-state index < -0.39 is 12.0 Å². The fourth-order valence-electron chi connectivity index (χ4n) is 1.31. The number of nitrogens with two attached hydrogens (primary N) is 2. The molecule has 0 saturated carbocycles. The van der Waals surface area contributed by atoms with Gasteiger partial charge in [-0.15, -0.1) is 6.58 Å². The summed E-state index contributed by atoms with van der Waals surface area (Å²) in [5.74, 6) is -1.10. The van der Waals surface area contributed by atoms with Gasteiger partial charge < -0.3 is 21.4 Å². The quantitative estimate of drug-likeness (QED) is 0.317. The van der Waals surface area contributed by atoms with Crippen LogP contribution in [0.2, 0.25) is 0 Å². The number of rotatable bonds is 8. The largest absolute Gasteiger partial charge is 1.00 e. The molecule has 0 rings (SSSR count). The van der Waals surface area contributed by atoms with E-state index in [9.17, 15) is 9.90 Å². The van der Waals surface area contributed by atoms with Crippen molar-refractivity contribution in [3.63, 3.8) is 0 Å². The number of carboxylic acid groups (broad SMARTS) is 1. The summed E-state index contributed by atoms with van der Waals surface area (Å²) >= 11 is 0. The minimum Gasteiger partial charge on any atom is -0.548 e. The Morgan fingerprint density at radius 3 is 2.13 bits per heavy atom. The second-order valence-electron chi connectivity index (χ2n) is 2.97. The van der Waals surface area contributed by atoms with Gasteiger partial charge >= 0.3 is 29.6 Å². The molecule has 0 aromatic heterocycles. The van der Waals surface area contributed by atoms with Crippen molar-refractivity contribution in [3.05, 3.63) is 12.7 Å². The zero-order chi connectivity index (χ0) is 11.0. The van der Waals surface area contributed by atoms with E-state index in [2.05, 4.69) is 6.58 Å². The van der Waals surface area contributed by atoms with Gasteiger partial charge in [-0.2, -0.15) is 0 Å². The summed E-state index contributed by atoms with van der Waals surface area (Å²) in [7, 11) is 0. The molecule has 82 valence electrons. The fourth-order valence-corrected chi connectivity index (χ4v) is 1.31. The number of nitrogens with zero attached hydrogens (tertiary/aromatic N) is 1. The molecule has 5 nitrogen and oxygen atoms in total. The first kappa shape index (κ1) is 17.5. The topological polar surface area (TPSA) is 95.4 Å².